The number of rotatable bonds is 11. The van der Waals surface area contributed by atoms with Crippen LogP contribution in [0.4, 0.5) is 4.79 Å². The third-order valence-electron chi connectivity index (χ3n) is 7.22. The van der Waals surface area contributed by atoms with Gasteiger partial charge in [0, 0.05) is 19.0 Å². The maximum absolute atomic E-state index is 11.6. The molecule has 0 aromatic heterocycles. The zero-order valence-corrected chi connectivity index (χ0v) is 22.0. The number of carboxylic acid groups (broad SMARTS) is 1. The van der Waals surface area contributed by atoms with Crippen LogP contribution in [0.25, 0.3) is 10.8 Å². The van der Waals surface area contributed by atoms with Gasteiger partial charge in [-0.1, -0.05) is 66.7 Å². The Hall–Kier alpha value is -4.03. The summed E-state index contributed by atoms with van der Waals surface area (Å²) in [6, 6.07) is 32.4. The molecule has 4 aromatic rings. The molecule has 2 atom stereocenters. The molecule has 1 aliphatic rings. The minimum atomic E-state index is -1.15. The van der Waals surface area contributed by atoms with Gasteiger partial charge in [0.2, 0.25) is 0 Å². The summed E-state index contributed by atoms with van der Waals surface area (Å²) in [6.07, 6.45) is 1.09. The average Bonchev–Trinajstić information content (AvgIpc) is 2.98. The highest BCUT2D eigenvalue weighted by molar-refractivity contribution is 5.82. The van der Waals surface area contributed by atoms with Gasteiger partial charge in [-0.05, 0) is 71.5 Å². The first-order chi connectivity index (χ1) is 19.2. The molecular formula is C33H34NO5-. The van der Waals surface area contributed by atoms with Gasteiger partial charge in [-0.15, -0.1) is 0 Å². The number of ether oxygens (including phenoxy) is 3. The van der Waals surface area contributed by atoms with Gasteiger partial charge in [0.25, 0.3) is 0 Å². The predicted molar refractivity (Wildman–Crippen MR) is 150 cm³/mol. The molecule has 0 spiro atoms. The average molecular weight is 525 g/mol. The molecule has 0 aliphatic carbocycles. The molecule has 1 fully saturated rings. The van der Waals surface area contributed by atoms with Gasteiger partial charge in [-0.2, -0.15) is 0 Å². The molecule has 6 nitrogen and oxygen atoms in total. The molecule has 0 saturated carbocycles. The van der Waals surface area contributed by atoms with E-state index in [1.807, 2.05) is 54.6 Å². The number of nitrogens with zero attached hydrogens (tertiary/aromatic N) is 1. The molecule has 0 N–H and O–H groups in total. The highest BCUT2D eigenvalue weighted by Crippen LogP contribution is 2.32. The second-order valence-corrected chi connectivity index (χ2v) is 9.92. The lowest BCUT2D eigenvalue weighted by Crippen LogP contribution is -2.51. The lowest BCUT2D eigenvalue weighted by atomic mass is 9.87. The molecule has 0 radical (unpaired) electrons. The van der Waals surface area contributed by atoms with Gasteiger partial charge in [-0.3, -0.25) is 0 Å². The van der Waals surface area contributed by atoms with Crippen molar-refractivity contribution in [1.29, 1.82) is 0 Å². The summed E-state index contributed by atoms with van der Waals surface area (Å²) in [6.45, 7) is 2.44. The number of carbonyl (C=O) groups excluding carboxylic acids is 1. The molecule has 6 heteroatoms. The zero-order valence-electron chi connectivity index (χ0n) is 22.0. The molecule has 0 bridgehead atoms. The highest BCUT2D eigenvalue weighted by Gasteiger charge is 2.31. The maximum atomic E-state index is 11.6. The number of para-hydroxylation sites is 1. The van der Waals surface area contributed by atoms with E-state index in [1.165, 1.54) is 10.3 Å². The second kappa shape index (κ2) is 13.2. The molecule has 4 aromatic carbocycles. The highest BCUT2D eigenvalue weighted by atomic mass is 16.5. The predicted octanol–water partition coefficient (Wildman–Crippen LogP) is 5.80. The lowest BCUT2D eigenvalue weighted by molar-refractivity contribution is -0.268. The van der Waals surface area contributed by atoms with Crippen LogP contribution in [0.3, 0.4) is 0 Å². The van der Waals surface area contributed by atoms with Crippen LogP contribution in [0.2, 0.25) is 0 Å². The van der Waals surface area contributed by atoms with Crippen LogP contribution in [0, 0.1) is 0 Å². The van der Waals surface area contributed by atoms with Crippen molar-refractivity contribution in [2.24, 2.45) is 0 Å². The monoisotopic (exact) mass is 524 g/mol. The lowest BCUT2D eigenvalue weighted by Gasteiger charge is -2.40. The fourth-order valence-electron chi connectivity index (χ4n) is 5.08. The Bertz CT molecular complexity index is 1340. The second-order valence-electron chi connectivity index (χ2n) is 9.92. The largest absolute Gasteiger partial charge is 0.530 e. The number of benzene rings is 4. The number of likely N-dealkylation sites (tertiary alicyclic amines) is 1. The van der Waals surface area contributed by atoms with E-state index in [-0.39, 0.29) is 12.0 Å². The van der Waals surface area contributed by atoms with Crippen molar-refractivity contribution < 1.29 is 24.1 Å². The third-order valence-corrected chi connectivity index (χ3v) is 7.22. The summed E-state index contributed by atoms with van der Waals surface area (Å²) >= 11 is 0. The summed E-state index contributed by atoms with van der Waals surface area (Å²) in [5, 5.41) is 13.9. The molecule has 202 valence electrons. The number of hydrogen-bond donors (Lipinski definition) is 0. The van der Waals surface area contributed by atoms with Crippen LogP contribution < -0.4 is 14.6 Å². The number of hydrogen-bond acceptors (Lipinski definition) is 5. The Morgan fingerprint density at radius 2 is 1.46 bits per heavy atom. The van der Waals surface area contributed by atoms with Crippen LogP contribution in [-0.2, 0) is 11.3 Å². The van der Waals surface area contributed by atoms with Gasteiger partial charge in [0.1, 0.15) is 17.6 Å². The van der Waals surface area contributed by atoms with Gasteiger partial charge in [-0.25, -0.2) is 0 Å². The minimum Gasteiger partial charge on any atom is -0.530 e. The Labute approximate surface area is 229 Å². The molecule has 1 heterocycles. The standard InChI is InChI=1S/C33H35NO5/c35-33(36)34-19-18-31(32(23-34)39-24-25-12-13-26-8-4-5-9-28(26)22-25)27-14-16-30(17-15-27)38-21-7-6-20-37-29-10-2-1-3-11-29/h1-5,8-17,22,31-32H,6-7,18-21,23-24H2,(H,35,36)/p-1. The van der Waals surface area contributed by atoms with Crippen molar-refractivity contribution in [1.82, 2.24) is 4.90 Å². The van der Waals surface area contributed by atoms with Gasteiger partial charge in [0.15, 0.2) is 0 Å². The molecule has 5 rings (SSSR count). The molecular weight excluding hydrogens is 490 g/mol. The Kier molecular flexibility index (Phi) is 8.97. The summed E-state index contributed by atoms with van der Waals surface area (Å²) in [5.74, 6) is 1.80. The zero-order chi connectivity index (χ0) is 26.9. The first-order valence-electron chi connectivity index (χ1n) is 13.6. The molecule has 39 heavy (non-hydrogen) atoms. The van der Waals surface area contributed by atoms with E-state index in [9.17, 15) is 9.90 Å². The maximum Gasteiger partial charge on any atom is 0.137 e. The number of piperidine rings is 1. The minimum absolute atomic E-state index is 0.0882. The van der Waals surface area contributed by atoms with Crippen molar-refractivity contribution in [3.63, 3.8) is 0 Å². The number of carbonyl (C=O) groups is 1. The van der Waals surface area contributed by atoms with E-state index >= 15 is 0 Å². The summed E-state index contributed by atoms with van der Waals surface area (Å²) < 4.78 is 18.0. The van der Waals surface area contributed by atoms with Crippen molar-refractivity contribution in [2.75, 3.05) is 26.3 Å². The molecule has 2 unspecified atom stereocenters. The summed E-state index contributed by atoms with van der Waals surface area (Å²) in [4.78, 5) is 12.9. The van der Waals surface area contributed by atoms with Crippen LogP contribution in [0.1, 0.15) is 36.3 Å². The number of fused-ring (bicyclic) bond motifs is 1. The van der Waals surface area contributed by atoms with E-state index in [0.717, 1.165) is 40.9 Å². The summed E-state index contributed by atoms with van der Waals surface area (Å²) in [7, 11) is 0. The quantitative estimate of drug-likeness (QED) is 0.232. The van der Waals surface area contributed by atoms with Crippen LogP contribution >= 0.6 is 0 Å². The van der Waals surface area contributed by atoms with Crippen LogP contribution in [0.5, 0.6) is 11.5 Å². The van der Waals surface area contributed by atoms with Crippen molar-refractivity contribution in [3.05, 3.63) is 108 Å². The smallest absolute Gasteiger partial charge is 0.137 e. The van der Waals surface area contributed by atoms with Crippen LogP contribution in [0.15, 0.2) is 97.1 Å². The van der Waals surface area contributed by atoms with Crippen molar-refractivity contribution >= 4 is 16.9 Å². The van der Waals surface area contributed by atoms with E-state index in [0.29, 0.717) is 39.3 Å². The van der Waals surface area contributed by atoms with E-state index in [4.69, 9.17) is 14.2 Å². The SMILES string of the molecule is O=C([O-])N1CCC(c2ccc(OCCCCOc3ccccc3)cc2)C(OCc2ccc3ccccc3c2)C1. The number of unbranched alkanes of at least 4 members (excludes halogenated alkanes) is 1. The van der Waals surface area contributed by atoms with Gasteiger partial charge in [0.05, 0.1) is 25.9 Å². The third kappa shape index (κ3) is 7.30. The van der Waals surface area contributed by atoms with Crippen molar-refractivity contribution in [3.8, 4) is 11.5 Å². The first kappa shape index (κ1) is 26.6. The van der Waals surface area contributed by atoms with E-state index < -0.39 is 6.09 Å². The van der Waals surface area contributed by atoms with E-state index in [2.05, 4.69) is 42.5 Å². The van der Waals surface area contributed by atoms with Crippen LogP contribution in [-0.4, -0.2) is 43.4 Å². The van der Waals surface area contributed by atoms with Gasteiger partial charge < -0.3 is 29.0 Å². The Morgan fingerprint density at radius 3 is 2.18 bits per heavy atom. The molecule has 1 aliphatic heterocycles. The Balaban J connectivity index is 1.14. The molecule has 1 saturated heterocycles. The number of amides is 1. The fourth-order valence-corrected chi connectivity index (χ4v) is 5.08. The normalized spacial score (nSPS) is 17.2. The van der Waals surface area contributed by atoms with E-state index in [1.54, 1.807) is 0 Å². The topological polar surface area (TPSA) is 71.1 Å². The van der Waals surface area contributed by atoms with Gasteiger partial charge >= 0.3 is 0 Å². The first-order valence-corrected chi connectivity index (χ1v) is 13.6. The fraction of sp³-hybridized carbons (Fsp3) is 0.303. The van der Waals surface area contributed by atoms with Crippen molar-refractivity contribution in [2.45, 2.75) is 37.9 Å². The summed E-state index contributed by atoms with van der Waals surface area (Å²) in [5.41, 5.74) is 2.19. The Morgan fingerprint density at radius 1 is 0.795 bits per heavy atom. The molecule has 1 amide bonds.